The van der Waals surface area contributed by atoms with Crippen molar-refractivity contribution in [1.82, 2.24) is 15.1 Å². The number of anilines is 1. The molecule has 5 nitrogen and oxygen atoms in total. The molecule has 0 radical (unpaired) electrons. The fraction of sp³-hybridized carbons (Fsp3) is 0.267. The second-order valence-corrected chi connectivity index (χ2v) is 4.87. The molecule has 102 valence electrons. The molecule has 0 spiro atoms. The van der Waals surface area contributed by atoms with E-state index >= 15 is 0 Å². The fourth-order valence-corrected chi connectivity index (χ4v) is 2.27. The van der Waals surface area contributed by atoms with Crippen molar-refractivity contribution in [3.8, 4) is 0 Å². The van der Waals surface area contributed by atoms with Crippen LogP contribution in [0.3, 0.4) is 0 Å². The van der Waals surface area contributed by atoms with Crippen molar-refractivity contribution < 1.29 is 4.52 Å². The summed E-state index contributed by atoms with van der Waals surface area (Å²) in [6.07, 6.45) is 0. The third-order valence-corrected chi connectivity index (χ3v) is 3.16. The zero-order valence-corrected chi connectivity index (χ0v) is 11.8. The first kappa shape index (κ1) is 12.6. The Morgan fingerprint density at radius 2 is 2.00 bits per heavy atom. The van der Waals surface area contributed by atoms with Crippen molar-refractivity contribution in [2.24, 2.45) is 0 Å². The van der Waals surface area contributed by atoms with Crippen LogP contribution >= 0.6 is 0 Å². The molecule has 0 aliphatic rings. The molecule has 0 amide bonds. The van der Waals surface area contributed by atoms with Crippen LogP contribution in [0.2, 0.25) is 0 Å². The van der Waals surface area contributed by atoms with Gasteiger partial charge in [0.2, 0.25) is 0 Å². The van der Waals surface area contributed by atoms with Gasteiger partial charge in [-0.05, 0) is 32.4 Å². The maximum Gasteiger partial charge on any atom is 0.138 e. The number of nitrogens with one attached hydrogen (secondary N) is 1. The highest BCUT2D eigenvalue weighted by Gasteiger charge is 2.09. The smallest absolute Gasteiger partial charge is 0.138 e. The van der Waals surface area contributed by atoms with Gasteiger partial charge in [0.05, 0.1) is 12.1 Å². The molecule has 1 N–H and O–H groups in total. The Labute approximate surface area is 117 Å². The number of rotatable bonds is 3. The van der Waals surface area contributed by atoms with Crippen molar-refractivity contribution in [3.05, 3.63) is 47.1 Å². The Bertz CT molecular complexity index is 764. The second kappa shape index (κ2) is 4.92. The maximum atomic E-state index is 5.07. The van der Waals surface area contributed by atoms with Crippen molar-refractivity contribution >= 4 is 16.7 Å². The second-order valence-electron chi connectivity index (χ2n) is 4.87. The lowest BCUT2D eigenvalue weighted by Crippen LogP contribution is -2.05. The molecule has 0 aliphatic heterocycles. The molecule has 3 aromatic rings. The summed E-state index contributed by atoms with van der Waals surface area (Å²) in [5.74, 6) is 2.40. The van der Waals surface area contributed by atoms with Gasteiger partial charge < -0.3 is 9.84 Å². The molecule has 20 heavy (non-hydrogen) atoms. The quantitative estimate of drug-likeness (QED) is 0.790. The average Bonchev–Trinajstić information content (AvgIpc) is 2.81. The third-order valence-electron chi connectivity index (χ3n) is 3.16. The molecule has 0 atom stereocenters. The Morgan fingerprint density at radius 1 is 1.15 bits per heavy atom. The summed E-state index contributed by atoms with van der Waals surface area (Å²) < 4.78 is 5.07. The van der Waals surface area contributed by atoms with Crippen LogP contribution in [0.1, 0.15) is 22.8 Å². The Hall–Kier alpha value is -2.43. The van der Waals surface area contributed by atoms with Crippen LogP contribution in [0.5, 0.6) is 0 Å². The lowest BCUT2D eigenvalue weighted by atomic mass is 10.1. The van der Waals surface area contributed by atoms with Crippen molar-refractivity contribution in [2.45, 2.75) is 27.3 Å². The number of nitrogens with zero attached hydrogens (tertiary/aromatic N) is 3. The molecule has 2 aromatic heterocycles. The van der Waals surface area contributed by atoms with Gasteiger partial charge in [0, 0.05) is 11.5 Å². The van der Waals surface area contributed by atoms with Gasteiger partial charge in [-0.2, -0.15) is 0 Å². The van der Waals surface area contributed by atoms with Gasteiger partial charge in [0.1, 0.15) is 23.1 Å². The summed E-state index contributed by atoms with van der Waals surface area (Å²) in [5, 5.41) is 8.35. The van der Waals surface area contributed by atoms with Gasteiger partial charge in [-0.3, -0.25) is 0 Å². The molecule has 0 bridgehead atoms. The maximum absolute atomic E-state index is 5.07. The first-order valence-electron chi connectivity index (χ1n) is 6.53. The minimum atomic E-state index is 0.581. The van der Waals surface area contributed by atoms with E-state index in [1.54, 1.807) is 0 Å². The fourth-order valence-electron chi connectivity index (χ4n) is 2.27. The predicted octanol–water partition coefficient (Wildman–Crippen LogP) is 3.16. The van der Waals surface area contributed by atoms with E-state index in [-0.39, 0.29) is 0 Å². The minimum absolute atomic E-state index is 0.581. The van der Waals surface area contributed by atoms with Crippen LogP contribution in [-0.2, 0) is 6.54 Å². The molecule has 2 heterocycles. The predicted molar refractivity (Wildman–Crippen MR) is 77.6 cm³/mol. The Balaban J connectivity index is 1.98. The summed E-state index contributed by atoms with van der Waals surface area (Å²) >= 11 is 0. The SMILES string of the molecule is Cc1nc(NCc2cc(C)on2)c2c(C)cccc2n1. The van der Waals surface area contributed by atoms with Gasteiger partial charge in [0.25, 0.3) is 0 Å². The molecular weight excluding hydrogens is 252 g/mol. The zero-order valence-electron chi connectivity index (χ0n) is 11.8. The van der Waals surface area contributed by atoms with Crippen molar-refractivity contribution in [1.29, 1.82) is 0 Å². The van der Waals surface area contributed by atoms with Gasteiger partial charge in [-0.25, -0.2) is 9.97 Å². The van der Waals surface area contributed by atoms with E-state index in [0.29, 0.717) is 6.54 Å². The van der Waals surface area contributed by atoms with Crippen LogP contribution in [-0.4, -0.2) is 15.1 Å². The molecule has 3 rings (SSSR count). The minimum Gasteiger partial charge on any atom is -0.364 e. The molecule has 0 aliphatic carbocycles. The molecule has 0 saturated heterocycles. The van der Waals surface area contributed by atoms with E-state index in [4.69, 9.17) is 4.52 Å². The van der Waals surface area contributed by atoms with Crippen molar-refractivity contribution in [2.75, 3.05) is 5.32 Å². The standard InChI is InChI=1S/C15H16N4O/c1-9-5-4-6-13-14(9)15(18-11(3)17-13)16-8-12-7-10(2)20-19-12/h4-7H,8H2,1-3H3,(H,16,17,18). The first-order valence-corrected chi connectivity index (χ1v) is 6.53. The van der Waals surface area contributed by atoms with E-state index in [1.165, 1.54) is 0 Å². The van der Waals surface area contributed by atoms with E-state index in [1.807, 2.05) is 32.0 Å². The molecule has 0 saturated carbocycles. The Kier molecular flexibility index (Phi) is 3.10. The van der Waals surface area contributed by atoms with Crippen LogP contribution in [0.25, 0.3) is 10.9 Å². The van der Waals surface area contributed by atoms with Gasteiger partial charge in [-0.1, -0.05) is 17.3 Å². The summed E-state index contributed by atoms with van der Waals surface area (Å²) in [5.41, 5.74) is 2.97. The van der Waals surface area contributed by atoms with Gasteiger partial charge in [0.15, 0.2) is 0 Å². The lowest BCUT2D eigenvalue weighted by molar-refractivity contribution is 0.391. The average molecular weight is 268 g/mol. The van der Waals surface area contributed by atoms with E-state index in [9.17, 15) is 0 Å². The van der Waals surface area contributed by atoms with Crippen LogP contribution in [0, 0.1) is 20.8 Å². The number of aryl methyl sites for hydroxylation is 3. The highest BCUT2D eigenvalue weighted by atomic mass is 16.5. The van der Waals surface area contributed by atoms with Crippen LogP contribution in [0.4, 0.5) is 5.82 Å². The zero-order chi connectivity index (χ0) is 14.1. The van der Waals surface area contributed by atoms with E-state index < -0.39 is 0 Å². The highest BCUT2D eigenvalue weighted by molar-refractivity contribution is 5.91. The van der Waals surface area contributed by atoms with E-state index in [2.05, 4.69) is 33.4 Å². The summed E-state index contributed by atoms with van der Waals surface area (Å²) in [6.45, 7) is 6.42. The number of hydrogen-bond acceptors (Lipinski definition) is 5. The van der Waals surface area contributed by atoms with E-state index in [0.717, 1.165) is 39.6 Å². The van der Waals surface area contributed by atoms with Gasteiger partial charge >= 0.3 is 0 Å². The largest absolute Gasteiger partial charge is 0.364 e. The molecular formula is C15H16N4O. The molecule has 0 fully saturated rings. The van der Waals surface area contributed by atoms with Crippen molar-refractivity contribution in [3.63, 3.8) is 0 Å². The molecule has 5 heteroatoms. The number of aromatic nitrogens is 3. The number of hydrogen-bond donors (Lipinski definition) is 1. The third kappa shape index (κ3) is 2.34. The monoisotopic (exact) mass is 268 g/mol. The molecule has 0 unspecified atom stereocenters. The highest BCUT2D eigenvalue weighted by Crippen LogP contribution is 2.24. The summed E-state index contributed by atoms with van der Waals surface area (Å²) in [6, 6.07) is 7.99. The topological polar surface area (TPSA) is 63.8 Å². The normalized spacial score (nSPS) is 10.9. The van der Waals surface area contributed by atoms with Gasteiger partial charge in [-0.15, -0.1) is 0 Å². The number of benzene rings is 1. The summed E-state index contributed by atoms with van der Waals surface area (Å²) in [4.78, 5) is 8.97. The van der Waals surface area contributed by atoms with Crippen LogP contribution < -0.4 is 5.32 Å². The lowest BCUT2D eigenvalue weighted by Gasteiger charge is -2.10. The Morgan fingerprint density at radius 3 is 2.75 bits per heavy atom. The van der Waals surface area contributed by atoms with Crippen LogP contribution in [0.15, 0.2) is 28.8 Å². The summed E-state index contributed by atoms with van der Waals surface area (Å²) in [7, 11) is 0. The first-order chi connectivity index (χ1) is 9.63. The number of fused-ring (bicyclic) bond motifs is 1. The molecule has 1 aromatic carbocycles.